The molecule has 0 N–H and O–H groups in total. The standard InChI is InChI=1S/C16H15N3S/c1-12-8-15(6-7-17-12)19-9-16(18-11-19)14-4-2-13(10-20)3-5-14/h2-9,11,20H,10H2,1H3. The summed E-state index contributed by atoms with van der Waals surface area (Å²) in [5.74, 6) is 0.755. The lowest BCUT2D eigenvalue weighted by Gasteiger charge is -2.02. The third-order valence-electron chi connectivity index (χ3n) is 3.19. The van der Waals surface area contributed by atoms with Crippen LogP contribution in [0.3, 0.4) is 0 Å². The Balaban J connectivity index is 1.93. The van der Waals surface area contributed by atoms with Gasteiger partial charge in [0.05, 0.1) is 12.0 Å². The SMILES string of the molecule is Cc1cc(-n2cnc(-c3ccc(CS)cc3)c2)ccn1. The van der Waals surface area contributed by atoms with E-state index in [0.29, 0.717) is 0 Å². The fourth-order valence-corrected chi connectivity index (χ4v) is 2.30. The number of nitrogens with zero attached hydrogens (tertiary/aromatic N) is 3. The number of aromatic nitrogens is 3. The summed E-state index contributed by atoms with van der Waals surface area (Å²) in [6, 6.07) is 12.3. The van der Waals surface area contributed by atoms with Crippen LogP contribution in [0.5, 0.6) is 0 Å². The van der Waals surface area contributed by atoms with Crippen LogP contribution in [0, 0.1) is 6.92 Å². The predicted octanol–water partition coefficient (Wildman–Crippen LogP) is 3.67. The average molecular weight is 281 g/mol. The van der Waals surface area contributed by atoms with E-state index in [-0.39, 0.29) is 0 Å². The van der Waals surface area contributed by atoms with Gasteiger partial charge < -0.3 is 4.57 Å². The van der Waals surface area contributed by atoms with Crippen molar-refractivity contribution in [3.05, 3.63) is 66.4 Å². The molecule has 0 radical (unpaired) electrons. The lowest BCUT2D eigenvalue weighted by Crippen LogP contribution is -1.91. The van der Waals surface area contributed by atoms with Crippen LogP contribution >= 0.6 is 12.6 Å². The third kappa shape index (κ3) is 2.60. The second-order valence-electron chi connectivity index (χ2n) is 4.68. The molecule has 3 aromatic rings. The molecule has 2 heterocycles. The summed E-state index contributed by atoms with van der Waals surface area (Å²) < 4.78 is 2.01. The van der Waals surface area contributed by atoms with Crippen molar-refractivity contribution >= 4 is 12.6 Å². The molecule has 0 aliphatic heterocycles. The van der Waals surface area contributed by atoms with Crippen molar-refractivity contribution in [3.63, 3.8) is 0 Å². The molecule has 0 fully saturated rings. The normalized spacial score (nSPS) is 10.7. The maximum atomic E-state index is 4.47. The first-order valence-corrected chi connectivity index (χ1v) is 7.07. The molecule has 4 heteroatoms. The third-order valence-corrected chi connectivity index (χ3v) is 3.56. The number of aryl methyl sites for hydroxylation is 1. The molecule has 20 heavy (non-hydrogen) atoms. The zero-order valence-corrected chi connectivity index (χ0v) is 12.1. The minimum absolute atomic E-state index is 0.755. The van der Waals surface area contributed by atoms with Gasteiger partial charge in [-0.2, -0.15) is 12.6 Å². The van der Waals surface area contributed by atoms with Crippen LogP contribution in [-0.2, 0) is 5.75 Å². The van der Waals surface area contributed by atoms with Crippen LogP contribution in [0.1, 0.15) is 11.3 Å². The maximum absolute atomic E-state index is 4.47. The molecule has 3 rings (SSSR count). The fourth-order valence-electron chi connectivity index (χ4n) is 2.09. The lowest BCUT2D eigenvalue weighted by atomic mass is 10.1. The van der Waals surface area contributed by atoms with E-state index in [4.69, 9.17) is 0 Å². The molecule has 0 spiro atoms. The number of hydrogen-bond acceptors (Lipinski definition) is 3. The van der Waals surface area contributed by atoms with Gasteiger partial charge in [0, 0.05) is 35.1 Å². The van der Waals surface area contributed by atoms with Crippen molar-refractivity contribution in [3.8, 4) is 16.9 Å². The number of pyridine rings is 1. The molecule has 100 valence electrons. The van der Waals surface area contributed by atoms with Gasteiger partial charge in [-0.3, -0.25) is 4.98 Å². The molecule has 0 saturated heterocycles. The maximum Gasteiger partial charge on any atom is 0.0999 e. The predicted molar refractivity (Wildman–Crippen MR) is 84.2 cm³/mol. The van der Waals surface area contributed by atoms with Gasteiger partial charge in [0.1, 0.15) is 0 Å². The van der Waals surface area contributed by atoms with Crippen LogP contribution in [0.15, 0.2) is 55.1 Å². The first kappa shape index (κ1) is 12.9. The van der Waals surface area contributed by atoms with Crippen LogP contribution in [0.25, 0.3) is 16.9 Å². The Morgan fingerprint density at radius 3 is 2.60 bits per heavy atom. The molecule has 0 aliphatic carbocycles. The Kier molecular flexibility index (Phi) is 3.56. The molecule has 0 amide bonds. The first-order chi connectivity index (χ1) is 9.76. The minimum Gasteiger partial charge on any atom is -0.306 e. The first-order valence-electron chi connectivity index (χ1n) is 6.43. The Morgan fingerprint density at radius 2 is 1.90 bits per heavy atom. The summed E-state index contributed by atoms with van der Waals surface area (Å²) in [5.41, 5.74) is 5.35. The van der Waals surface area contributed by atoms with Crippen LogP contribution in [0.2, 0.25) is 0 Å². The van der Waals surface area contributed by atoms with Crippen molar-refractivity contribution in [2.75, 3.05) is 0 Å². The summed E-state index contributed by atoms with van der Waals surface area (Å²) >= 11 is 4.27. The van der Waals surface area contributed by atoms with E-state index in [2.05, 4.69) is 46.9 Å². The Hall–Kier alpha value is -2.07. The van der Waals surface area contributed by atoms with Gasteiger partial charge >= 0.3 is 0 Å². The smallest absolute Gasteiger partial charge is 0.0999 e. The molecule has 1 aromatic carbocycles. The van der Waals surface area contributed by atoms with Crippen LogP contribution in [0.4, 0.5) is 0 Å². The largest absolute Gasteiger partial charge is 0.306 e. The van der Waals surface area contributed by atoms with E-state index in [1.165, 1.54) is 5.56 Å². The van der Waals surface area contributed by atoms with Crippen molar-refractivity contribution in [2.45, 2.75) is 12.7 Å². The van der Waals surface area contributed by atoms with E-state index in [0.717, 1.165) is 28.4 Å². The highest BCUT2D eigenvalue weighted by atomic mass is 32.1. The van der Waals surface area contributed by atoms with Gasteiger partial charge in [-0.25, -0.2) is 4.98 Å². The van der Waals surface area contributed by atoms with E-state index in [1.54, 1.807) is 0 Å². The van der Waals surface area contributed by atoms with Crippen LogP contribution < -0.4 is 0 Å². The number of imidazole rings is 1. The molecule has 0 unspecified atom stereocenters. The molecular weight excluding hydrogens is 266 g/mol. The van der Waals surface area contributed by atoms with Crippen molar-refractivity contribution < 1.29 is 0 Å². The number of rotatable bonds is 3. The summed E-state index contributed by atoms with van der Waals surface area (Å²) in [5, 5.41) is 0. The van der Waals surface area contributed by atoms with Gasteiger partial charge in [0.25, 0.3) is 0 Å². The zero-order chi connectivity index (χ0) is 13.9. The molecule has 2 aromatic heterocycles. The van der Waals surface area contributed by atoms with Gasteiger partial charge in [-0.1, -0.05) is 24.3 Å². The topological polar surface area (TPSA) is 30.7 Å². The van der Waals surface area contributed by atoms with E-state index in [1.807, 2.05) is 42.3 Å². The monoisotopic (exact) mass is 281 g/mol. The summed E-state index contributed by atoms with van der Waals surface area (Å²) in [6.07, 6.45) is 5.67. The second-order valence-corrected chi connectivity index (χ2v) is 4.99. The van der Waals surface area contributed by atoms with Crippen LogP contribution in [-0.4, -0.2) is 14.5 Å². The Morgan fingerprint density at radius 1 is 1.10 bits per heavy atom. The molecule has 0 atom stereocenters. The van der Waals surface area contributed by atoms with E-state index >= 15 is 0 Å². The van der Waals surface area contributed by atoms with Crippen molar-refractivity contribution in [2.24, 2.45) is 0 Å². The highest BCUT2D eigenvalue weighted by Crippen LogP contribution is 2.20. The quantitative estimate of drug-likeness (QED) is 0.743. The van der Waals surface area contributed by atoms with Crippen molar-refractivity contribution in [1.82, 2.24) is 14.5 Å². The van der Waals surface area contributed by atoms with E-state index in [9.17, 15) is 0 Å². The average Bonchev–Trinajstić information content (AvgIpc) is 2.97. The zero-order valence-electron chi connectivity index (χ0n) is 11.2. The molecule has 0 saturated carbocycles. The minimum atomic E-state index is 0.755. The van der Waals surface area contributed by atoms with Gasteiger partial charge in [0.2, 0.25) is 0 Å². The summed E-state index contributed by atoms with van der Waals surface area (Å²) in [4.78, 5) is 8.68. The molecule has 0 bridgehead atoms. The Labute approximate surface area is 123 Å². The van der Waals surface area contributed by atoms with Gasteiger partial charge in [-0.05, 0) is 24.6 Å². The van der Waals surface area contributed by atoms with Crippen molar-refractivity contribution in [1.29, 1.82) is 0 Å². The fraction of sp³-hybridized carbons (Fsp3) is 0.125. The second kappa shape index (κ2) is 5.51. The summed E-state index contributed by atoms with van der Waals surface area (Å²) in [7, 11) is 0. The van der Waals surface area contributed by atoms with Gasteiger partial charge in [0.15, 0.2) is 0 Å². The number of thiol groups is 1. The lowest BCUT2D eigenvalue weighted by molar-refractivity contribution is 1.03. The van der Waals surface area contributed by atoms with Gasteiger partial charge in [-0.15, -0.1) is 0 Å². The highest BCUT2D eigenvalue weighted by molar-refractivity contribution is 7.79. The van der Waals surface area contributed by atoms with E-state index < -0.39 is 0 Å². The summed E-state index contributed by atoms with van der Waals surface area (Å²) in [6.45, 7) is 1.98. The number of benzene rings is 1. The Bertz CT molecular complexity index is 717. The molecular formula is C16H15N3S. The highest BCUT2D eigenvalue weighted by Gasteiger charge is 2.04. The molecule has 0 aliphatic rings. The molecule has 3 nitrogen and oxygen atoms in total. The number of hydrogen-bond donors (Lipinski definition) is 1.